The van der Waals surface area contributed by atoms with E-state index >= 15 is 0 Å². The molecule has 0 radical (unpaired) electrons. The highest BCUT2D eigenvalue weighted by atomic mass is 16.5. The van der Waals surface area contributed by atoms with Gasteiger partial charge in [0, 0.05) is 12.5 Å². The third kappa shape index (κ3) is 1.82. The zero-order valence-electron chi connectivity index (χ0n) is 17.0. The summed E-state index contributed by atoms with van der Waals surface area (Å²) in [7, 11) is 1.44. The Morgan fingerprint density at radius 3 is 2.75 bits per heavy atom. The predicted molar refractivity (Wildman–Crippen MR) is 103 cm³/mol. The highest BCUT2D eigenvalue weighted by Crippen LogP contribution is 2.96. The summed E-state index contributed by atoms with van der Waals surface area (Å²) in [4.78, 5) is 25.8. The Bertz CT molecular complexity index is 929. The van der Waals surface area contributed by atoms with Crippen LogP contribution in [0.5, 0.6) is 0 Å². The number of hydrogen-bond acceptors (Lipinski definition) is 4. The molecule has 4 aliphatic carbocycles. The van der Waals surface area contributed by atoms with E-state index in [4.69, 9.17) is 9.47 Å². The lowest BCUT2D eigenvalue weighted by molar-refractivity contribution is -0.139. The zero-order valence-corrected chi connectivity index (χ0v) is 17.0. The average Bonchev–Trinajstić information content (AvgIpc) is 3.57. The van der Waals surface area contributed by atoms with Crippen LogP contribution in [0.4, 0.5) is 0 Å². The maximum Gasteiger partial charge on any atom is 0.309 e. The molecule has 1 saturated heterocycles. The lowest BCUT2D eigenvalue weighted by Crippen LogP contribution is -2.38. The van der Waals surface area contributed by atoms with Gasteiger partial charge < -0.3 is 9.47 Å². The van der Waals surface area contributed by atoms with Gasteiger partial charge in [-0.2, -0.15) is 0 Å². The smallest absolute Gasteiger partial charge is 0.309 e. The number of rotatable bonds is 2. The van der Waals surface area contributed by atoms with E-state index in [2.05, 4.69) is 26.0 Å². The van der Waals surface area contributed by atoms with Gasteiger partial charge >= 0.3 is 5.97 Å². The maximum atomic E-state index is 13.7. The Morgan fingerprint density at radius 1 is 1.29 bits per heavy atom. The summed E-state index contributed by atoms with van der Waals surface area (Å²) in [5, 5.41) is 0. The second kappa shape index (κ2) is 5.08. The molecule has 1 heterocycles. The van der Waals surface area contributed by atoms with Crippen molar-refractivity contribution in [3.63, 3.8) is 0 Å². The second-order valence-electron chi connectivity index (χ2n) is 10.1. The summed E-state index contributed by atoms with van der Waals surface area (Å²) >= 11 is 0. The molecule has 4 unspecified atom stereocenters. The predicted octanol–water partition coefficient (Wildman–Crippen LogP) is 3.30. The summed E-state index contributed by atoms with van der Waals surface area (Å²) in [6.45, 7) is 5.11. The van der Waals surface area contributed by atoms with Crippen molar-refractivity contribution in [3.05, 3.63) is 34.4 Å². The number of methoxy groups -OCH3 is 1. The Kier molecular flexibility index (Phi) is 3.12. The number of ketones is 1. The first-order chi connectivity index (χ1) is 13.4. The monoisotopic (exact) mass is 380 g/mol. The minimum Gasteiger partial charge on any atom is -0.469 e. The van der Waals surface area contributed by atoms with Crippen LogP contribution in [0.15, 0.2) is 12.1 Å². The third-order valence-electron chi connectivity index (χ3n) is 8.85. The van der Waals surface area contributed by atoms with Gasteiger partial charge in [-0.25, -0.2) is 0 Å². The van der Waals surface area contributed by atoms with Gasteiger partial charge in [0.25, 0.3) is 0 Å². The SMILES string of the molecule is COC(=O)Cc1cc(C)cc2c1C1(CC1)C(=O)C1C3C4(CCO[C@H](C)C4)C13C2. The number of esters is 1. The molecule has 4 fully saturated rings. The van der Waals surface area contributed by atoms with Crippen LogP contribution in [-0.2, 0) is 37.3 Å². The van der Waals surface area contributed by atoms with Crippen LogP contribution in [0, 0.1) is 29.6 Å². The molecule has 1 aliphatic heterocycles. The topological polar surface area (TPSA) is 52.6 Å². The minimum atomic E-state index is -0.314. The van der Waals surface area contributed by atoms with Crippen LogP contribution in [0.2, 0.25) is 0 Å². The van der Waals surface area contributed by atoms with Gasteiger partial charge in [0.1, 0.15) is 5.78 Å². The normalized spacial score (nSPS) is 41.0. The van der Waals surface area contributed by atoms with E-state index in [0.29, 0.717) is 23.2 Å². The molecule has 5 aliphatic rings. The zero-order chi connectivity index (χ0) is 19.5. The van der Waals surface area contributed by atoms with Crippen molar-refractivity contribution in [1.82, 2.24) is 0 Å². The largest absolute Gasteiger partial charge is 0.469 e. The van der Waals surface area contributed by atoms with E-state index in [0.717, 1.165) is 44.3 Å². The van der Waals surface area contributed by atoms with Gasteiger partial charge in [0.15, 0.2) is 0 Å². The van der Waals surface area contributed by atoms with Gasteiger partial charge in [-0.05, 0) is 79.4 Å². The maximum absolute atomic E-state index is 13.7. The van der Waals surface area contributed by atoms with Crippen molar-refractivity contribution in [2.24, 2.45) is 22.7 Å². The van der Waals surface area contributed by atoms with E-state index in [1.165, 1.54) is 23.8 Å². The number of hydrogen-bond donors (Lipinski definition) is 0. The van der Waals surface area contributed by atoms with Crippen LogP contribution >= 0.6 is 0 Å². The van der Waals surface area contributed by atoms with Crippen molar-refractivity contribution < 1.29 is 19.1 Å². The van der Waals surface area contributed by atoms with Crippen molar-refractivity contribution >= 4 is 11.8 Å². The van der Waals surface area contributed by atoms with Crippen molar-refractivity contribution in [1.29, 1.82) is 0 Å². The second-order valence-corrected chi connectivity index (χ2v) is 10.1. The van der Waals surface area contributed by atoms with Crippen LogP contribution in [-0.4, -0.2) is 31.6 Å². The van der Waals surface area contributed by atoms with Crippen molar-refractivity contribution in [3.8, 4) is 0 Å². The molecule has 3 saturated carbocycles. The van der Waals surface area contributed by atoms with Gasteiger partial charge in [-0.15, -0.1) is 0 Å². The quantitative estimate of drug-likeness (QED) is 0.739. The summed E-state index contributed by atoms with van der Waals surface area (Å²) in [5.74, 6) is 1.09. The van der Waals surface area contributed by atoms with Crippen LogP contribution in [0.1, 0.15) is 54.9 Å². The van der Waals surface area contributed by atoms with Crippen molar-refractivity contribution in [2.45, 2.75) is 63.9 Å². The number of fused-ring (bicyclic) bond motifs is 4. The molecule has 0 amide bonds. The van der Waals surface area contributed by atoms with E-state index in [9.17, 15) is 9.59 Å². The molecule has 28 heavy (non-hydrogen) atoms. The first-order valence-corrected chi connectivity index (χ1v) is 10.8. The van der Waals surface area contributed by atoms with Gasteiger partial charge in [0.2, 0.25) is 0 Å². The van der Waals surface area contributed by atoms with Crippen molar-refractivity contribution in [2.75, 3.05) is 13.7 Å². The van der Waals surface area contributed by atoms with Gasteiger partial charge in [0.05, 0.1) is 25.0 Å². The molecule has 3 spiro atoms. The van der Waals surface area contributed by atoms with Crippen LogP contribution < -0.4 is 0 Å². The van der Waals surface area contributed by atoms with E-state index in [1.807, 2.05) is 0 Å². The molecule has 1 aromatic carbocycles. The molecule has 148 valence electrons. The fourth-order valence-electron chi connectivity index (χ4n) is 7.73. The Morgan fingerprint density at radius 2 is 2.07 bits per heavy atom. The average molecular weight is 380 g/mol. The number of Topliss-reactive ketones (excluding diaryl/α,β-unsaturated/α-hetero) is 1. The molecule has 5 atom stereocenters. The first-order valence-electron chi connectivity index (χ1n) is 10.8. The first kappa shape index (κ1) is 17.2. The Hall–Kier alpha value is -1.68. The number of benzene rings is 1. The molecule has 4 heteroatoms. The summed E-state index contributed by atoms with van der Waals surface area (Å²) < 4.78 is 10.8. The molecular weight excluding hydrogens is 352 g/mol. The minimum absolute atomic E-state index is 0.180. The lowest BCUT2D eigenvalue weighted by Gasteiger charge is -2.37. The fourth-order valence-corrected chi connectivity index (χ4v) is 7.73. The Balaban J connectivity index is 1.46. The highest BCUT2D eigenvalue weighted by Gasteiger charge is 2.96. The Labute approximate surface area is 166 Å². The van der Waals surface area contributed by atoms with Crippen LogP contribution in [0.25, 0.3) is 0 Å². The standard InChI is InChI=1S/C24H28O4/c1-13-8-15(10-17(25)27-3)18-16(9-13)12-24-19(21(26)22(18)4-5-22)20(24)23(24)6-7-28-14(2)11-23/h8-9,14,19-20H,4-7,10-12H2,1-3H3/t14-,19?,20?,23?,24?/m1/s1. The number of carbonyl (C=O) groups is 2. The summed E-state index contributed by atoms with van der Waals surface area (Å²) in [6.07, 6.45) is 5.68. The lowest BCUT2D eigenvalue weighted by atomic mass is 9.71. The summed E-state index contributed by atoms with van der Waals surface area (Å²) in [6, 6.07) is 4.40. The molecule has 6 rings (SSSR count). The number of carbonyl (C=O) groups excluding carboxylic acids is 2. The van der Waals surface area contributed by atoms with Gasteiger partial charge in [-0.3, -0.25) is 9.59 Å². The van der Waals surface area contributed by atoms with E-state index in [1.54, 1.807) is 0 Å². The van der Waals surface area contributed by atoms with E-state index < -0.39 is 0 Å². The van der Waals surface area contributed by atoms with Gasteiger partial charge in [-0.1, -0.05) is 17.7 Å². The molecule has 0 bridgehead atoms. The number of ether oxygens (including phenoxy) is 2. The molecule has 4 nitrogen and oxygen atoms in total. The van der Waals surface area contributed by atoms with Crippen LogP contribution in [0.3, 0.4) is 0 Å². The fraction of sp³-hybridized carbons (Fsp3) is 0.667. The molecule has 1 aromatic rings. The third-order valence-corrected chi connectivity index (χ3v) is 8.85. The number of aryl methyl sites for hydroxylation is 1. The highest BCUT2D eigenvalue weighted by molar-refractivity contribution is 6.02. The van der Waals surface area contributed by atoms with E-state index in [-0.39, 0.29) is 29.1 Å². The molecular formula is C24H28O4. The molecule has 0 N–H and O–H groups in total. The molecule has 0 aromatic heterocycles. The summed E-state index contributed by atoms with van der Waals surface area (Å²) in [5.41, 5.74) is 4.93.